The lowest BCUT2D eigenvalue weighted by Crippen LogP contribution is -2.17. The number of hydrogen-bond donors (Lipinski definition) is 2. The molecule has 2 amide bonds. The fourth-order valence-electron chi connectivity index (χ4n) is 1.98. The zero-order chi connectivity index (χ0) is 19.2. The summed E-state index contributed by atoms with van der Waals surface area (Å²) in [5, 5.41) is 5.15. The van der Waals surface area contributed by atoms with Crippen molar-refractivity contribution in [3.63, 3.8) is 0 Å². The minimum Gasteiger partial charge on any atom is -0.406 e. The van der Waals surface area contributed by atoms with Crippen molar-refractivity contribution in [2.75, 3.05) is 10.6 Å². The third-order valence-electron chi connectivity index (χ3n) is 3.01. The Morgan fingerprint density at radius 1 is 0.923 bits per heavy atom. The van der Waals surface area contributed by atoms with Gasteiger partial charge in [-0.15, -0.1) is 13.2 Å². The van der Waals surface area contributed by atoms with Crippen molar-refractivity contribution in [2.24, 2.45) is 0 Å². The minimum atomic E-state index is -4.76. The van der Waals surface area contributed by atoms with Crippen LogP contribution in [0.5, 0.6) is 5.75 Å². The molecule has 0 spiro atoms. The molecule has 2 N–H and O–H groups in total. The Balaban J connectivity index is 1.91. The van der Waals surface area contributed by atoms with Crippen molar-refractivity contribution in [3.05, 3.63) is 60.2 Å². The van der Waals surface area contributed by atoms with Crippen molar-refractivity contribution in [1.82, 2.24) is 0 Å². The van der Waals surface area contributed by atoms with E-state index in [2.05, 4.69) is 15.4 Å². The molecule has 0 aliphatic rings. The van der Waals surface area contributed by atoms with E-state index in [1.54, 1.807) is 30.3 Å². The van der Waals surface area contributed by atoms with Gasteiger partial charge in [-0.05, 0) is 48.0 Å². The molecular weight excluding hydrogens is 349 g/mol. The van der Waals surface area contributed by atoms with Crippen LogP contribution in [0.1, 0.15) is 12.5 Å². The Morgan fingerprint density at radius 2 is 1.46 bits per heavy atom. The van der Waals surface area contributed by atoms with Crippen LogP contribution >= 0.6 is 0 Å². The molecule has 0 atom stereocenters. The van der Waals surface area contributed by atoms with E-state index in [1.807, 2.05) is 0 Å². The van der Waals surface area contributed by atoms with Gasteiger partial charge in [0.05, 0.1) is 0 Å². The largest absolute Gasteiger partial charge is 0.573 e. The highest BCUT2D eigenvalue weighted by atomic mass is 19.4. The second kappa shape index (κ2) is 8.19. The van der Waals surface area contributed by atoms with Gasteiger partial charge in [0.2, 0.25) is 11.8 Å². The molecule has 0 fully saturated rings. The highest BCUT2D eigenvalue weighted by molar-refractivity contribution is 6.02. The molecule has 5 nitrogen and oxygen atoms in total. The van der Waals surface area contributed by atoms with Gasteiger partial charge in [-0.3, -0.25) is 9.59 Å². The molecule has 0 aromatic heterocycles. The number of hydrogen-bond acceptors (Lipinski definition) is 3. The monoisotopic (exact) mass is 364 g/mol. The molecular formula is C18H15F3N2O3. The zero-order valence-electron chi connectivity index (χ0n) is 13.6. The van der Waals surface area contributed by atoms with Crippen LogP contribution in [0.15, 0.2) is 54.6 Å². The summed E-state index contributed by atoms with van der Waals surface area (Å²) in [7, 11) is 0. The van der Waals surface area contributed by atoms with E-state index in [0.717, 1.165) is 17.7 Å². The first-order valence-corrected chi connectivity index (χ1v) is 7.44. The fourth-order valence-corrected chi connectivity index (χ4v) is 1.98. The smallest absolute Gasteiger partial charge is 0.406 e. The van der Waals surface area contributed by atoms with Crippen LogP contribution in [0.2, 0.25) is 0 Å². The molecule has 0 bridgehead atoms. The van der Waals surface area contributed by atoms with Gasteiger partial charge < -0.3 is 15.4 Å². The van der Waals surface area contributed by atoms with E-state index >= 15 is 0 Å². The second-order valence-electron chi connectivity index (χ2n) is 5.20. The van der Waals surface area contributed by atoms with Crippen molar-refractivity contribution in [3.8, 4) is 5.75 Å². The molecule has 0 aliphatic carbocycles. The van der Waals surface area contributed by atoms with E-state index in [9.17, 15) is 22.8 Å². The number of halogens is 3. The van der Waals surface area contributed by atoms with Crippen LogP contribution in [0.4, 0.5) is 24.5 Å². The molecule has 0 saturated heterocycles. The molecule has 26 heavy (non-hydrogen) atoms. The molecule has 0 unspecified atom stereocenters. The number of benzene rings is 2. The molecule has 8 heteroatoms. The third-order valence-corrected chi connectivity index (χ3v) is 3.01. The Morgan fingerprint density at radius 3 is 2.00 bits per heavy atom. The van der Waals surface area contributed by atoms with Gasteiger partial charge in [-0.25, -0.2) is 0 Å². The van der Waals surface area contributed by atoms with Crippen LogP contribution in [-0.2, 0) is 9.59 Å². The lowest BCUT2D eigenvalue weighted by Gasteiger charge is -2.09. The first-order valence-electron chi connectivity index (χ1n) is 7.44. The van der Waals surface area contributed by atoms with Crippen molar-refractivity contribution in [1.29, 1.82) is 0 Å². The maximum atomic E-state index is 12.1. The van der Waals surface area contributed by atoms with Crippen LogP contribution in [0.25, 0.3) is 6.08 Å². The predicted octanol–water partition coefficient (Wildman–Crippen LogP) is 4.20. The van der Waals surface area contributed by atoms with Gasteiger partial charge in [-0.1, -0.05) is 12.1 Å². The van der Waals surface area contributed by atoms with E-state index in [1.165, 1.54) is 25.1 Å². The minimum absolute atomic E-state index is 0.181. The van der Waals surface area contributed by atoms with Crippen LogP contribution < -0.4 is 15.4 Å². The molecule has 0 radical (unpaired) electrons. The molecule has 2 aromatic carbocycles. The Hall–Kier alpha value is -3.29. The number of nitrogens with one attached hydrogen (secondary N) is 2. The number of amides is 2. The normalized spacial score (nSPS) is 11.2. The Labute approximate surface area is 147 Å². The Bertz CT molecular complexity index is 798. The fraction of sp³-hybridized carbons (Fsp3) is 0.111. The van der Waals surface area contributed by atoms with Crippen molar-refractivity contribution < 1.29 is 27.5 Å². The number of alkyl halides is 3. The molecule has 2 rings (SSSR count). The van der Waals surface area contributed by atoms with Gasteiger partial charge in [-0.2, -0.15) is 0 Å². The Kier molecular flexibility index (Phi) is 6.00. The number of rotatable bonds is 5. The number of ether oxygens (including phenoxy) is 1. The lowest BCUT2D eigenvalue weighted by molar-refractivity contribution is -0.274. The van der Waals surface area contributed by atoms with Gasteiger partial charge in [0, 0.05) is 24.4 Å². The topological polar surface area (TPSA) is 67.4 Å². The second-order valence-corrected chi connectivity index (χ2v) is 5.20. The van der Waals surface area contributed by atoms with Crippen LogP contribution in [0, 0.1) is 0 Å². The summed E-state index contributed by atoms with van der Waals surface area (Å²) in [5.74, 6) is -0.995. The lowest BCUT2D eigenvalue weighted by atomic mass is 10.2. The first-order chi connectivity index (χ1) is 12.2. The summed E-state index contributed by atoms with van der Waals surface area (Å²) in [6, 6.07) is 11.6. The summed E-state index contributed by atoms with van der Waals surface area (Å²) in [5.41, 5.74) is 1.71. The summed E-state index contributed by atoms with van der Waals surface area (Å²) in [6.07, 6.45) is -1.91. The third kappa shape index (κ3) is 6.68. The highest BCUT2D eigenvalue weighted by Crippen LogP contribution is 2.24. The number of anilines is 2. The van der Waals surface area contributed by atoms with Crippen molar-refractivity contribution >= 4 is 29.3 Å². The maximum absolute atomic E-state index is 12.1. The van der Waals surface area contributed by atoms with E-state index in [0.29, 0.717) is 11.4 Å². The summed E-state index contributed by atoms with van der Waals surface area (Å²) < 4.78 is 40.0. The molecule has 136 valence electrons. The average molecular weight is 364 g/mol. The van der Waals surface area contributed by atoms with E-state index < -0.39 is 12.3 Å². The molecule has 0 heterocycles. The predicted molar refractivity (Wildman–Crippen MR) is 91.5 cm³/mol. The average Bonchev–Trinajstić information content (AvgIpc) is 2.54. The van der Waals surface area contributed by atoms with Gasteiger partial charge in [0.25, 0.3) is 0 Å². The van der Waals surface area contributed by atoms with Crippen molar-refractivity contribution in [2.45, 2.75) is 13.3 Å². The molecule has 2 aromatic rings. The van der Waals surface area contributed by atoms with Gasteiger partial charge in [0.1, 0.15) is 5.75 Å². The van der Waals surface area contributed by atoms with Gasteiger partial charge in [0.15, 0.2) is 0 Å². The zero-order valence-corrected chi connectivity index (χ0v) is 13.6. The SMILES string of the molecule is CC(=O)Nc1ccc(/C=C/C(=O)Nc2ccc(OC(F)(F)F)cc2)cc1. The highest BCUT2D eigenvalue weighted by Gasteiger charge is 2.30. The van der Waals surface area contributed by atoms with Crippen LogP contribution in [0.3, 0.4) is 0 Å². The molecule has 0 aliphatic heterocycles. The summed E-state index contributed by atoms with van der Waals surface area (Å²) in [4.78, 5) is 22.8. The van der Waals surface area contributed by atoms with E-state index in [4.69, 9.17) is 0 Å². The standard InChI is InChI=1S/C18H15F3N2O3/c1-12(24)22-14-5-2-13(3-6-14)4-11-17(25)23-15-7-9-16(10-8-15)26-18(19,20)21/h2-11H,1H3,(H,22,24)(H,23,25)/b11-4+. The first kappa shape index (κ1) is 19.0. The summed E-state index contributed by atoms with van der Waals surface area (Å²) >= 11 is 0. The quantitative estimate of drug-likeness (QED) is 0.782. The van der Waals surface area contributed by atoms with Gasteiger partial charge >= 0.3 is 6.36 Å². The summed E-state index contributed by atoms with van der Waals surface area (Å²) in [6.45, 7) is 1.40. The number of carbonyl (C=O) groups is 2. The van der Waals surface area contributed by atoms with Crippen LogP contribution in [-0.4, -0.2) is 18.2 Å². The molecule has 0 saturated carbocycles. The maximum Gasteiger partial charge on any atom is 0.573 e. The van der Waals surface area contributed by atoms with E-state index in [-0.39, 0.29) is 11.7 Å². The number of carbonyl (C=O) groups excluding carboxylic acids is 2.